The maximum absolute atomic E-state index is 12.9. The zero-order valence-corrected chi connectivity index (χ0v) is 15.8. The Balaban J connectivity index is 1.73. The third-order valence-corrected chi connectivity index (χ3v) is 5.52. The van der Waals surface area contributed by atoms with Crippen LogP contribution in [0.3, 0.4) is 0 Å². The van der Waals surface area contributed by atoms with Gasteiger partial charge in [0.2, 0.25) is 5.91 Å². The first-order valence-corrected chi connectivity index (χ1v) is 9.46. The average molecular weight is 373 g/mol. The standard InChI is InChI=1S/C19H27N5O3/c1-11-3-4-15(13-5-6-21-16(25)8-13)24(10-11)19(27)18(26)23-14-7-12(2)17(20)22-9-14/h7,9,11,13,15H,3-6,8,10H2,1-2H3,(H2,20,22)(H,21,25)(H,23,26)/t11-,13?,15-/m1/s1. The van der Waals surface area contributed by atoms with E-state index < -0.39 is 11.8 Å². The van der Waals surface area contributed by atoms with Crippen LogP contribution >= 0.6 is 0 Å². The van der Waals surface area contributed by atoms with E-state index in [1.165, 1.54) is 6.20 Å². The number of amides is 3. The van der Waals surface area contributed by atoms with Crippen LogP contribution in [0.25, 0.3) is 0 Å². The number of nitrogens with zero attached hydrogens (tertiary/aromatic N) is 2. The Morgan fingerprint density at radius 1 is 1.33 bits per heavy atom. The SMILES string of the molecule is Cc1cc(NC(=O)C(=O)N2C[C@H](C)CC[C@@H]2C2CCNC(=O)C2)cnc1N. The van der Waals surface area contributed by atoms with Crippen molar-refractivity contribution in [2.24, 2.45) is 11.8 Å². The average Bonchev–Trinajstić information content (AvgIpc) is 2.64. The van der Waals surface area contributed by atoms with E-state index in [1.807, 2.05) is 0 Å². The van der Waals surface area contributed by atoms with Gasteiger partial charge < -0.3 is 21.3 Å². The number of hydrogen-bond donors (Lipinski definition) is 3. The number of nitrogen functional groups attached to an aromatic ring is 1. The predicted octanol–water partition coefficient (Wildman–Crippen LogP) is 1.06. The quantitative estimate of drug-likeness (QED) is 0.670. The summed E-state index contributed by atoms with van der Waals surface area (Å²) in [5.74, 6) is -0.392. The number of likely N-dealkylation sites (tertiary alicyclic amines) is 1. The molecule has 0 bridgehead atoms. The zero-order chi connectivity index (χ0) is 19.6. The number of pyridine rings is 1. The smallest absolute Gasteiger partial charge is 0.313 e. The molecule has 2 aliphatic heterocycles. The Bertz CT molecular complexity index is 751. The Hall–Kier alpha value is -2.64. The lowest BCUT2D eigenvalue weighted by molar-refractivity contribution is -0.148. The molecule has 27 heavy (non-hydrogen) atoms. The first kappa shape index (κ1) is 19.1. The molecule has 8 nitrogen and oxygen atoms in total. The van der Waals surface area contributed by atoms with Gasteiger partial charge in [0, 0.05) is 25.6 Å². The maximum Gasteiger partial charge on any atom is 0.313 e. The normalized spacial score (nSPS) is 25.6. The van der Waals surface area contributed by atoms with Crippen molar-refractivity contribution in [1.82, 2.24) is 15.2 Å². The summed E-state index contributed by atoms with van der Waals surface area (Å²) in [4.78, 5) is 42.9. The molecular formula is C19H27N5O3. The number of anilines is 2. The molecule has 3 amide bonds. The fourth-order valence-corrected chi connectivity index (χ4v) is 4.00. The second kappa shape index (κ2) is 7.94. The van der Waals surface area contributed by atoms with E-state index in [9.17, 15) is 14.4 Å². The van der Waals surface area contributed by atoms with Crippen LogP contribution in [0.1, 0.15) is 38.2 Å². The van der Waals surface area contributed by atoms with Crippen molar-refractivity contribution >= 4 is 29.2 Å². The number of piperidine rings is 2. The van der Waals surface area contributed by atoms with Crippen LogP contribution in [-0.2, 0) is 14.4 Å². The highest BCUT2D eigenvalue weighted by atomic mass is 16.2. The van der Waals surface area contributed by atoms with E-state index in [1.54, 1.807) is 17.9 Å². The number of aryl methyl sites for hydroxylation is 1. The maximum atomic E-state index is 12.9. The van der Waals surface area contributed by atoms with Crippen LogP contribution in [0, 0.1) is 18.8 Å². The largest absolute Gasteiger partial charge is 0.383 e. The summed E-state index contributed by atoms with van der Waals surface area (Å²) >= 11 is 0. The molecule has 1 aromatic rings. The molecule has 3 heterocycles. The van der Waals surface area contributed by atoms with Crippen molar-refractivity contribution in [2.75, 3.05) is 24.1 Å². The van der Waals surface area contributed by atoms with Gasteiger partial charge >= 0.3 is 11.8 Å². The Labute approximate surface area is 158 Å². The first-order valence-electron chi connectivity index (χ1n) is 9.46. The van der Waals surface area contributed by atoms with E-state index >= 15 is 0 Å². The number of hydrogen-bond acceptors (Lipinski definition) is 5. The molecule has 1 aromatic heterocycles. The van der Waals surface area contributed by atoms with E-state index in [0.29, 0.717) is 36.9 Å². The second-order valence-corrected chi connectivity index (χ2v) is 7.69. The fraction of sp³-hybridized carbons (Fsp3) is 0.579. The van der Waals surface area contributed by atoms with Gasteiger partial charge in [-0.3, -0.25) is 14.4 Å². The van der Waals surface area contributed by atoms with Crippen LogP contribution < -0.4 is 16.4 Å². The molecule has 8 heteroatoms. The number of nitrogens with one attached hydrogen (secondary N) is 2. The number of aromatic nitrogens is 1. The summed E-state index contributed by atoms with van der Waals surface area (Å²) < 4.78 is 0. The molecule has 0 radical (unpaired) electrons. The number of nitrogens with two attached hydrogens (primary N) is 1. The van der Waals surface area contributed by atoms with E-state index in [4.69, 9.17) is 5.73 Å². The highest BCUT2D eigenvalue weighted by Gasteiger charge is 2.39. The number of carbonyl (C=O) groups excluding carboxylic acids is 3. The van der Waals surface area contributed by atoms with Crippen LogP contribution in [0.15, 0.2) is 12.3 Å². The van der Waals surface area contributed by atoms with E-state index in [2.05, 4.69) is 22.5 Å². The van der Waals surface area contributed by atoms with Crippen molar-refractivity contribution in [1.29, 1.82) is 0 Å². The summed E-state index contributed by atoms with van der Waals surface area (Å²) in [5, 5.41) is 5.46. The first-order chi connectivity index (χ1) is 12.8. The summed E-state index contributed by atoms with van der Waals surface area (Å²) in [6, 6.07) is 1.62. The number of rotatable bonds is 2. The third kappa shape index (κ3) is 4.37. The van der Waals surface area contributed by atoms with Gasteiger partial charge in [0.25, 0.3) is 0 Å². The van der Waals surface area contributed by atoms with E-state index in [-0.39, 0.29) is 17.9 Å². The van der Waals surface area contributed by atoms with Gasteiger partial charge in [-0.25, -0.2) is 4.98 Å². The molecule has 2 saturated heterocycles. The molecule has 0 aliphatic carbocycles. The predicted molar refractivity (Wildman–Crippen MR) is 102 cm³/mol. The van der Waals surface area contributed by atoms with Crippen molar-refractivity contribution in [3.8, 4) is 0 Å². The van der Waals surface area contributed by atoms with Gasteiger partial charge in [0.05, 0.1) is 11.9 Å². The Morgan fingerprint density at radius 3 is 2.81 bits per heavy atom. The lowest BCUT2D eigenvalue weighted by Gasteiger charge is -2.43. The Morgan fingerprint density at radius 2 is 2.11 bits per heavy atom. The minimum absolute atomic E-state index is 0.0187. The molecular weight excluding hydrogens is 346 g/mol. The Kier molecular flexibility index (Phi) is 5.62. The van der Waals surface area contributed by atoms with Crippen molar-refractivity contribution in [3.63, 3.8) is 0 Å². The molecule has 3 atom stereocenters. The summed E-state index contributed by atoms with van der Waals surface area (Å²) in [7, 11) is 0. The molecule has 0 saturated carbocycles. The van der Waals surface area contributed by atoms with Gasteiger partial charge in [0.1, 0.15) is 5.82 Å². The van der Waals surface area contributed by atoms with E-state index in [0.717, 1.165) is 24.8 Å². The van der Waals surface area contributed by atoms with Gasteiger partial charge in [-0.05, 0) is 49.7 Å². The number of carbonyl (C=O) groups is 3. The second-order valence-electron chi connectivity index (χ2n) is 7.69. The third-order valence-electron chi connectivity index (χ3n) is 5.52. The minimum Gasteiger partial charge on any atom is -0.383 e. The molecule has 4 N–H and O–H groups in total. The summed E-state index contributed by atoms with van der Waals surface area (Å²) in [6.07, 6.45) is 4.49. The fourth-order valence-electron chi connectivity index (χ4n) is 4.00. The lowest BCUT2D eigenvalue weighted by atomic mass is 9.81. The van der Waals surface area contributed by atoms with Gasteiger partial charge in [-0.2, -0.15) is 0 Å². The zero-order valence-electron chi connectivity index (χ0n) is 15.8. The van der Waals surface area contributed by atoms with Gasteiger partial charge in [-0.15, -0.1) is 0 Å². The highest BCUT2D eigenvalue weighted by Crippen LogP contribution is 2.31. The van der Waals surface area contributed by atoms with Crippen LogP contribution in [0.4, 0.5) is 11.5 Å². The monoisotopic (exact) mass is 373 g/mol. The lowest BCUT2D eigenvalue weighted by Crippen LogP contribution is -2.55. The minimum atomic E-state index is -0.680. The van der Waals surface area contributed by atoms with Crippen LogP contribution in [-0.4, -0.2) is 46.7 Å². The van der Waals surface area contributed by atoms with Crippen LogP contribution in [0.2, 0.25) is 0 Å². The molecule has 146 valence electrons. The molecule has 0 aromatic carbocycles. The van der Waals surface area contributed by atoms with Gasteiger partial charge in [0.15, 0.2) is 0 Å². The van der Waals surface area contributed by atoms with Gasteiger partial charge in [-0.1, -0.05) is 6.92 Å². The summed E-state index contributed by atoms with van der Waals surface area (Å²) in [6.45, 7) is 5.03. The molecule has 3 rings (SSSR count). The van der Waals surface area contributed by atoms with Crippen molar-refractivity contribution < 1.29 is 14.4 Å². The highest BCUT2D eigenvalue weighted by molar-refractivity contribution is 6.39. The molecule has 0 spiro atoms. The topological polar surface area (TPSA) is 117 Å². The van der Waals surface area contributed by atoms with Crippen molar-refractivity contribution in [2.45, 2.75) is 45.6 Å². The summed E-state index contributed by atoms with van der Waals surface area (Å²) in [5.41, 5.74) is 6.87. The molecule has 2 aliphatic rings. The molecule has 1 unspecified atom stereocenters. The molecule has 2 fully saturated rings. The van der Waals surface area contributed by atoms with Crippen molar-refractivity contribution in [3.05, 3.63) is 17.8 Å². The van der Waals surface area contributed by atoms with Crippen LogP contribution in [0.5, 0.6) is 0 Å².